The van der Waals surface area contributed by atoms with E-state index >= 15 is 0 Å². The molecular weight excluding hydrogens is 564 g/mol. The minimum Gasteiger partial charge on any atom is -0.507 e. The number of aromatic hydroxyl groups is 1. The highest BCUT2D eigenvalue weighted by Gasteiger charge is 2.33. The van der Waals surface area contributed by atoms with E-state index in [0.29, 0.717) is 62.0 Å². The van der Waals surface area contributed by atoms with E-state index in [1.807, 2.05) is 47.4 Å². The van der Waals surface area contributed by atoms with Crippen LogP contribution in [0, 0.1) is 0 Å². The first kappa shape index (κ1) is 28.6. The van der Waals surface area contributed by atoms with Crippen molar-refractivity contribution < 1.29 is 28.9 Å². The summed E-state index contributed by atoms with van der Waals surface area (Å²) in [5.41, 5.74) is 3.20. The van der Waals surface area contributed by atoms with Crippen LogP contribution in [-0.4, -0.2) is 48.6 Å². The molecule has 0 saturated carbocycles. The third-order valence-electron chi connectivity index (χ3n) is 7.87. The van der Waals surface area contributed by atoms with Crippen molar-refractivity contribution in [3.05, 3.63) is 99.2 Å². The third-order valence-corrected chi connectivity index (χ3v) is 8.81. The molecular formula is C34H34N2O6S. The molecule has 0 saturated heterocycles. The molecule has 8 bridgehead atoms. The van der Waals surface area contributed by atoms with Crippen LogP contribution >= 0.6 is 11.3 Å². The maximum atomic E-state index is 13.7. The number of carbonyl (C=O) groups excluding carboxylic acids is 2. The van der Waals surface area contributed by atoms with Crippen molar-refractivity contribution in [3.8, 4) is 28.7 Å². The number of hydrogen-bond acceptors (Lipinski definition) is 7. The van der Waals surface area contributed by atoms with Gasteiger partial charge in [0.05, 0.1) is 25.3 Å². The second kappa shape index (κ2) is 12.8. The number of fused-ring (bicyclic) bond motifs is 6. The predicted molar refractivity (Wildman–Crippen MR) is 165 cm³/mol. The summed E-state index contributed by atoms with van der Waals surface area (Å²) in [7, 11) is 1.60. The molecule has 222 valence electrons. The van der Waals surface area contributed by atoms with Crippen LogP contribution in [0.2, 0.25) is 0 Å². The van der Waals surface area contributed by atoms with Gasteiger partial charge in [0.1, 0.15) is 17.2 Å². The maximum absolute atomic E-state index is 13.7. The van der Waals surface area contributed by atoms with Crippen molar-refractivity contribution in [1.29, 1.82) is 0 Å². The lowest BCUT2D eigenvalue weighted by Crippen LogP contribution is -2.40. The lowest BCUT2D eigenvalue weighted by atomic mass is 9.87. The van der Waals surface area contributed by atoms with E-state index in [-0.39, 0.29) is 23.3 Å². The zero-order chi connectivity index (χ0) is 29.8. The lowest BCUT2D eigenvalue weighted by molar-refractivity contribution is -0.133. The van der Waals surface area contributed by atoms with E-state index in [9.17, 15) is 14.7 Å². The molecule has 7 rings (SSSR count). The lowest BCUT2D eigenvalue weighted by Gasteiger charge is -2.38. The van der Waals surface area contributed by atoms with Gasteiger partial charge in [0.2, 0.25) is 5.91 Å². The molecule has 3 aromatic carbocycles. The van der Waals surface area contributed by atoms with E-state index in [1.54, 1.807) is 30.6 Å². The van der Waals surface area contributed by atoms with Crippen LogP contribution < -0.4 is 19.5 Å². The van der Waals surface area contributed by atoms with Crippen molar-refractivity contribution in [2.24, 2.45) is 0 Å². The Balaban J connectivity index is 1.37. The first-order valence-electron chi connectivity index (χ1n) is 14.5. The molecule has 0 radical (unpaired) electrons. The number of phenolic OH excluding ortho intramolecular Hbond substituents is 1. The fourth-order valence-electron chi connectivity index (χ4n) is 5.73. The van der Waals surface area contributed by atoms with Crippen molar-refractivity contribution >= 4 is 23.2 Å². The largest absolute Gasteiger partial charge is 0.507 e. The molecule has 1 atom stereocenters. The first-order chi connectivity index (χ1) is 21.0. The standard InChI is InChI=1S/C34H34N2O6S/c1-40-30-13-8-23-20-31(30)41-17-4-15-35-34(39)28-21-25(10-12-29(28)37)42-24-9-11-27-22(19-24)14-16-36(33(23)27)32(38)7-2-5-26-6-3-18-43-26/h3,6,8-13,18-21,33,37H,2,4-5,7,14-17H2,1H3,(H,35,39). The summed E-state index contributed by atoms with van der Waals surface area (Å²) in [5, 5.41) is 15.2. The third kappa shape index (κ3) is 6.32. The number of amides is 2. The Morgan fingerprint density at radius 1 is 1.12 bits per heavy atom. The Labute approximate surface area is 254 Å². The Morgan fingerprint density at radius 3 is 2.81 bits per heavy atom. The number of nitrogens with one attached hydrogen (secondary N) is 1. The fourth-order valence-corrected chi connectivity index (χ4v) is 6.48. The molecule has 3 aliphatic rings. The van der Waals surface area contributed by atoms with Crippen LogP contribution in [-0.2, 0) is 17.6 Å². The normalized spacial score (nSPS) is 16.3. The number of rotatable bonds is 5. The molecule has 4 heterocycles. The zero-order valence-corrected chi connectivity index (χ0v) is 24.8. The summed E-state index contributed by atoms with van der Waals surface area (Å²) in [5.74, 6) is 1.85. The SMILES string of the molecule is COc1ccc2cc1OCCCNC(=O)c1cc(ccc1O)Oc1ccc3c(c1)CCN(C(=O)CCCc1cccs1)C23. The van der Waals surface area contributed by atoms with E-state index in [1.165, 1.54) is 10.9 Å². The highest BCUT2D eigenvalue weighted by atomic mass is 32.1. The van der Waals surface area contributed by atoms with Crippen LogP contribution in [0.3, 0.4) is 0 Å². The molecule has 0 spiro atoms. The predicted octanol–water partition coefficient (Wildman–Crippen LogP) is 6.26. The van der Waals surface area contributed by atoms with Gasteiger partial charge in [-0.2, -0.15) is 0 Å². The molecule has 2 N–H and O–H groups in total. The van der Waals surface area contributed by atoms with Gasteiger partial charge >= 0.3 is 0 Å². The van der Waals surface area contributed by atoms with E-state index < -0.39 is 5.91 Å². The molecule has 9 heteroatoms. The Hall–Kier alpha value is -4.50. The molecule has 3 aliphatic heterocycles. The maximum Gasteiger partial charge on any atom is 0.255 e. The Morgan fingerprint density at radius 2 is 1.98 bits per heavy atom. The number of benzene rings is 3. The van der Waals surface area contributed by atoms with E-state index in [2.05, 4.69) is 16.8 Å². The van der Waals surface area contributed by atoms with Crippen LogP contribution in [0.4, 0.5) is 0 Å². The average Bonchev–Trinajstić information content (AvgIpc) is 3.54. The topological polar surface area (TPSA) is 97.3 Å². The highest BCUT2D eigenvalue weighted by molar-refractivity contribution is 7.09. The van der Waals surface area contributed by atoms with Gasteiger partial charge in [-0.15, -0.1) is 11.3 Å². The molecule has 43 heavy (non-hydrogen) atoms. The molecule has 0 fully saturated rings. The van der Waals surface area contributed by atoms with E-state index in [0.717, 1.165) is 29.5 Å². The Kier molecular flexibility index (Phi) is 8.51. The number of aryl methyl sites for hydroxylation is 1. The smallest absolute Gasteiger partial charge is 0.255 e. The van der Waals surface area contributed by atoms with Gasteiger partial charge in [0, 0.05) is 24.4 Å². The monoisotopic (exact) mass is 598 g/mol. The van der Waals surface area contributed by atoms with Gasteiger partial charge in [-0.05, 0) is 96.3 Å². The Bertz CT molecular complexity index is 1620. The number of methoxy groups -OCH3 is 1. The van der Waals surface area contributed by atoms with Gasteiger partial charge in [-0.3, -0.25) is 9.59 Å². The molecule has 1 aromatic heterocycles. The van der Waals surface area contributed by atoms with Crippen LogP contribution in [0.5, 0.6) is 28.7 Å². The molecule has 2 amide bonds. The number of carbonyl (C=O) groups is 2. The van der Waals surface area contributed by atoms with E-state index in [4.69, 9.17) is 14.2 Å². The molecule has 1 unspecified atom stereocenters. The summed E-state index contributed by atoms with van der Waals surface area (Å²) in [4.78, 5) is 29.8. The summed E-state index contributed by atoms with van der Waals surface area (Å²) >= 11 is 1.72. The summed E-state index contributed by atoms with van der Waals surface area (Å²) in [6, 6.07) is 20.2. The molecule has 8 nitrogen and oxygen atoms in total. The highest BCUT2D eigenvalue weighted by Crippen LogP contribution is 2.41. The van der Waals surface area contributed by atoms with Gasteiger partial charge in [-0.25, -0.2) is 0 Å². The molecule has 4 aromatic rings. The van der Waals surface area contributed by atoms with Crippen molar-refractivity contribution in [2.75, 3.05) is 26.8 Å². The summed E-state index contributed by atoms with van der Waals surface area (Å²) in [6.45, 7) is 1.27. The van der Waals surface area contributed by atoms with Gasteiger partial charge in [0.25, 0.3) is 5.91 Å². The number of phenols is 1. The second-order valence-corrected chi connectivity index (χ2v) is 11.7. The minimum atomic E-state index is -0.392. The van der Waals surface area contributed by atoms with Crippen molar-refractivity contribution in [3.63, 3.8) is 0 Å². The van der Waals surface area contributed by atoms with Crippen LogP contribution in [0.1, 0.15) is 57.2 Å². The quantitative estimate of drug-likeness (QED) is 0.281. The van der Waals surface area contributed by atoms with Crippen molar-refractivity contribution in [2.45, 2.75) is 38.1 Å². The summed E-state index contributed by atoms with van der Waals surface area (Å²) in [6.07, 6.45) is 3.38. The van der Waals surface area contributed by atoms with Gasteiger partial charge < -0.3 is 29.5 Å². The van der Waals surface area contributed by atoms with Crippen LogP contribution in [0.15, 0.2) is 72.1 Å². The second-order valence-electron chi connectivity index (χ2n) is 10.7. The van der Waals surface area contributed by atoms with Gasteiger partial charge in [-0.1, -0.05) is 18.2 Å². The van der Waals surface area contributed by atoms with Crippen molar-refractivity contribution in [1.82, 2.24) is 10.2 Å². The molecule has 0 aliphatic carbocycles. The minimum absolute atomic E-state index is 0.120. The average molecular weight is 599 g/mol. The fraction of sp³-hybridized carbons (Fsp3) is 0.294. The summed E-state index contributed by atoms with van der Waals surface area (Å²) < 4.78 is 17.9. The number of hydrogen-bond donors (Lipinski definition) is 2. The number of thiophene rings is 1. The van der Waals surface area contributed by atoms with Gasteiger partial charge in [0.15, 0.2) is 11.5 Å². The number of nitrogens with zero attached hydrogens (tertiary/aromatic N) is 1. The number of ether oxygens (including phenoxy) is 3. The van der Waals surface area contributed by atoms with Crippen LogP contribution in [0.25, 0.3) is 0 Å². The first-order valence-corrected chi connectivity index (χ1v) is 15.4. The zero-order valence-electron chi connectivity index (χ0n) is 24.0.